The van der Waals surface area contributed by atoms with Crippen molar-refractivity contribution < 1.29 is 28.6 Å². The number of ether oxygens (including phenoxy) is 3. The Balaban J connectivity index is 2.36. The molecule has 0 saturated carbocycles. The third kappa shape index (κ3) is 12.3. The second-order valence-corrected chi connectivity index (χ2v) is 7.61. The van der Waals surface area contributed by atoms with Crippen LogP contribution in [0.25, 0.3) is 0 Å². The van der Waals surface area contributed by atoms with Gasteiger partial charge in [-0.1, -0.05) is 30.3 Å². The van der Waals surface area contributed by atoms with Crippen LogP contribution in [-0.2, 0) is 25.6 Å². The molecule has 0 fully saturated rings. The Morgan fingerprint density at radius 1 is 1.03 bits per heavy atom. The zero-order chi connectivity index (χ0) is 21.7. The van der Waals surface area contributed by atoms with Crippen molar-refractivity contribution in [3.05, 3.63) is 35.9 Å². The number of hydrogen-bond donors (Lipinski definition) is 2. The summed E-state index contributed by atoms with van der Waals surface area (Å²) in [6.45, 7) is 5.99. The maximum Gasteiger partial charge on any atom is 0.407 e. The lowest BCUT2D eigenvalue weighted by Crippen LogP contribution is -2.37. The van der Waals surface area contributed by atoms with Crippen LogP contribution < -0.4 is 10.6 Å². The molecule has 0 aromatic heterocycles. The second kappa shape index (κ2) is 12.6. The van der Waals surface area contributed by atoms with Crippen molar-refractivity contribution in [2.75, 3.05) is 13.7 Å². The van der Waals surface area contributed by atoms with Crippen molar-refractivity contribution in [3.63, 3.8) is 0 Å². The molecule has 29 heavy (non-hydrogen) atoms. The van der Waals surface area contributed by atoms with Crippen LogP contribution in [0.1, 0.15) is 52.0 Å². The van der Waals surface area contributed by atoms with Gasteiger partial charge in [-0.25, -0.2) is 9.59 Å². The standard InChI is InChI=1S/C21H32N2O6/c1-21(2,3)29-19(25)22-13-9-8-12-17(14-18(24)27-4)23-20(26)28-15-16-10-6-5-7-11-16/h5-7,10-11,17H,8-9,12-15H2,1-4H3,(H,22,25)(H,23,26). The molecule has 1 aromatic rings. The van der Waals surface area contributed by atoms with Crippen LogP contribution in [-0.4, -0.2) is 43.5 Å². The maximum absolute atomic E-state index is 12.0. The molecular formula is C21H32N2O6. The first-order valence-corrected chi connectivity index (χ1v) is 9.70. The fraction of sp³-hybridized carbons (Fsp3) is 0.571. The van der Waals surface area contributed by atoms with Crippen molar-refractivity contribution in [1.29, 1.82) is 0 Å². The molecule has 1 unspecified atom stereocenters. The van der Waals surface area contributed by atoms with Gasteiger partial charge in [-0.2, -0.15) is 0 Å². The lowest BCUT2D eigenvalue weighted by atomic mass is 10.1. The smallest absolute Gasteiger partial charge is 0.407 e. The third-order valence-corrected chi connectivity index (χ3v) is 3.82. The van der Waals surface area contributed by atoms with E-state index in [1.54, 1.807) is 20.8 Å². The maximum atomic E-state index is 12.0. The van der Waals surface area contributed by atoms with Crippen LogP contribution in [0.3, 0.4) is 0 Å². The fourth-order valence-electron chi connectivity index (χ4n) is 2.46. The number of methoxy groups -OCH3 is 1. The fourth-order valence-corrected chi connectivity index (χ4v) is 2.46. The number of alkyl carbamates (subject to hydrolysis) is 2. The monoisotopic (exact) mass is 408 g/mol. The molecule has 0 bridgehead atoms. The van der Waals surface area contributed by atoms with Gasteiger partial charge >= 0.3 is 18.2 Å². The molecule has 0 spiro atoms. The molecule has 0 saturated heterocycles. The first kappa shape index (κ1) is 24.3. The van der Waals surface area contributed by atoms with E-state index in [1.165, 1.54) is 7.11 Å². The number of esters is 1. The Hall–Kier alpha value is -2.77. The highest BCUT2D eigenvalue weighted by Crippen LogP contribution is 2.09. The van der Waals surface area contributed by atoms with Gasteiger partial charge in [0, 0.05) is 12.6 Å². The van der Waals surface area contributed by atoms with Gasteiger partial charge < -0.3 is 24.8 Å². The van der Waals surface area contributed by atoms with Crippen LogP contribution in [0.4, 0.5) is 9.59 Å². The first-order chi connectivity index (χ1) is 13.7. The molecule has 162 valence electrons. The summed E-state index contributed by atoms with van der Waals surface area (Å²) in [6, 6.07) is 8.91. The molecule has 0 aliphatic rings. The molecule has 2 amide bonds. The summed E-state index contributed by atoms with van der Waals surface area (Å²) < 4.78 is 15.1. The molecule has 1 rings (SSSR count). The molecule has 0 heterocycles. The number of rotatable bonds is 10. The minimum atomic E-state index is -0.588. The van der Waals surface area contributed by atoms with E-state index in [9.17, 15) is 14.4 Å². The van der Waals surface area contributed by atoms with Crippen LogP contribution in [0, 0.1) is 0 Å². The van der Waals surface area contributed by atoms with E-state index in [0.29, 0.717) is 25.8 Å². The van der Waals surface area contributed by atoms with Crippen molar-refractivity contribution in [2.45, 2.75) is 64.7 Å². The molecule has 0 aliphatic heterocycles. The van der Waals surface area contributed by atoms with Gasteiger partial charge in [0.1, 0.15) is 12.2 Å². The van der Waals surface area contributed by atoms with Crippen molar-refractivity contribution >= 4 is 18.2 Å². The second-order valence-electron chi connectivity index (χ2n) is 7.61. The largest absolute Gasteiger partial charge is 0.469 e. The summed E-state index contributed by atoms with van der Waals surface area (Å²) in [6.07, 6.45) is 0.914. The Morgan fingerprint density at radius 3 is 2.34 bits per heavy atom. The van der Waals surface area contributed by atoms with E-state index in [4.69, 9.17) is 14.2 Å². The number of nitrogens with one attached hydrogen (secondary N) is 2. The van der Waals surface area contributed by atoms with E-state index >= 15 is 0 Å². The topological polar surface area (TPSA) is 103 Å². The van der Waals surface area contributed by atoms with Crippen LogP contribution in [0.5, 0.6) is 0 Å². The molecule has 0 radical (unpaired) electrons. The van der Waals surface area contributed by atoms with E-state index in [0.717, 1.165) is 5.56 Å². The molecule has 8 nitrogen and oxygen atoms in total. The van der Waals surface area contributed by atoms with Gasteiger partial charge in [-0.05, 0) is 45.6 Å². The van der Waals surface area contributed by atoms with E-state index in [-0.39, 0.29) is 13.0 Å². The first-order valence-electron chi connectivity index (χ1n) is 9.70. The molecule has 2 N–H and O–H groups in total. The van der Waals surface area contributed by atoms with Gasteiger partial charge in [-0.15, -0.1) is 0 Å². The summed E-state index contributed by atoms with van der Waals surface area (Å²) in [4.78, 5) is 35.3. The summed E-state index contributed by atoms with van der Waals surface area (Å²) in [5, 5.41) is 5.39. The van der Waals surface area contributed by atoms with Gasteiger partial charge in [0.2, 0.25) is 0 Å². The van der Waals surface area contributed by atoms with Crippen molar-refractivity contribution in [2.24, 2.45) is 0 Å². The lowest BCUT2D eigenvalue weighted by Gasteiger charge is -2.20. The minimum Gasteiger partial charge on any atom is -0.469 e. The van der Waals surface area contributed by atoms with E-state index in [2.05, 4.69) is 10.6 Å². The SMILES string of the molecule is COC(=O)CC(CCCCNC(=O)OC(C)(C)C)NC(=O)OCc1ccccc1. The van der Waals surface area contributed by atoms with Gasteiger partial charge in [0.25, 0.3) is 0 Å². The quantitative estimate of drug-likeness (QED) is 0.349. The van der Waals surface area contributed by atoms with Crippen LogP contribution in [0.2, 0.25) is 0 Å². The number of hydrogen-bond acceptors (Lipinski definition) is 6. The van der Waals surface area contributed by atoms with Gasteiger partial charge in [0.15, 0.2) is 0 Å². The highest BCUT2D eigenvalue weighted by atomic mass is 16.6. The summed E-state index contributed by atoms with van der Waals surface area (Å²) >= 11 is 0. The van der Waals surface area contributed by atoms with Gasteiger partial charge in [0.05, 0.1) is 13.5 Å². The molecule has 1 atom stereocenters. The lowest BCUT2D eigenvalue weighted by molar-refractivity contribution is -0.141. The number of unbranched alkanes of at least 4 members (excludes halogenated alkanes) is 1. The number of amides is 2. The molecular weight excluding hydrogens is 376 g/mol. The summed E-state index contributed by atoms with van der Waals surface area (Å²) in [7, 11) is 1.30. The van der Waals surface area contributed by atoms with Crippen LogP contribution >= 0.6 is 0 Å². The third-order valence-electron chi connectivity index (χ3n) is 3.82. The Bertz CT molecular complexity index is 642. The Morgan fingerprint density at radius 2 is 1.72 bits per heavy atom. The van der Waals surface area contributed by atoms with E-state index < -0.39 is 29.8 Å². The van der Waals surface area contributed by atoms with Gasteiger partial charge in [-0.3, -0.25) is 4.79 Å². The average molecular weight is 408 g/mol. The number of carbonyl (C=O) groups excluding carboxylic acids is 3. The Labute approximate surface area is 172 Å². The van der Waals surface area contributed by atoms with Crippen molar-refractivity contribution in [1.82, 2.24) is 10.6 Å². The Kier molecular flexibility index (Phi) is 10.6. The number of benzene rings is 1. The summed E-state index contributed by atoms with van der Waals surface area (Å²) in [5.74, 6) is -0.412. The normalized spacial score (nSPS) is 11.9. The highest BCUT2D eigenvalue weighted by Gasteiger charge is 2.18. The summed E-state index contributed by atoms with van der Waals surface area (Å²) in [5.41, 5.74) is 0.333. The molecule has 1 aromatic carbocycles. The van der Waals surface area contributed by atoms with E-state index in [1.807, 2.05) is 30.3 Å². The highest BCUT2D eigenvalue weighted by molar-refractivity contribution is 5.72. The zero-order valence-corrected chi connectivity index (χ0v) is 17.7. The van der Waals surface area contributed by atoms with Crippen molar-refractivity contribution in [3.8, 4) is 0 Å². The minimum absolute atomic E-state index is 0.0520. The molecule has 8 heteroatoms. The number of carbonyl (C=O) groups is 3. The predicted molar refractivity (Wildman–Crippen MR) is 108 cm³/mol. The average Bonchev–Trinajstić information content (AvgIpc) is 2.65. The molecule has 0 aliphatic carbocycles. The zero-order valence-electron chi connectivity index (χ0n) is 17.7. The predicted octanol–water partition coefficient (Wildman–Crippen LogP) is 3.54. The van der Waals surface area contributed by atoms with Crippen LogP contribution in [0.15, 0.2) is 30.3 Å².